The van der Waals surface area contributed by atoms with Crippen LogP contribution >= 0.6 is 11.8 Å². The van der Waals surface area contributed by atoms with Crippen molar-refractivity contribution in [1.29, 1.82) is 0 Å². The van der Waals surface area contributed by atoms with Crippen molar-refractivity contribution < 1.29 is 18.0 Å². The van der Waals surface area contributed by atoms with Crippen molar-refractivity contribution >= 4 is 44.8 Å². The summed E-state index contributed by atoms with van der Waals surface area (Å²) >= 11 is 1.44. The van der Waals surface area contributed by atoms with E-state index < -0.39 is 9.84 Å². The third kappa shape index (κ3) is 5.23. The summed E-state index contributed by atoms with van der Waals surface area (Å²) in [6, 6.07) is 12.2. The minimum absolute atomic E-state index is 0.103. The number of nitrogens with one attached hydrogen (secondary N) is 2. The third-order valence-corrected chi connectivity index (χ3v) is 8.12. The Kier molecular flexibility index (Phi) is 6.88. The number of thioether (sulfide) groups is 1. The molecule has 3 rings (SSSR count). The molecule has 0 aliphatic carbocycles. The molecule has 1 atom stereocenters. The summed E-state index contributed by atoms with van der Waals surface area (Å²) in [5.41, 5.74) is 2.31. The van der Waals surface area contributed by atoms with Crippen molar-refractivity contribution in [3.05, 3.63) is 48.0 Å². The highest BCUT2D eigenvalue weighted by atomic mass is 32.2. The summed E-state index contributed by atoms with van der Waals surface area (Å²) in [5.74, 6) is -0.385. The van der Waals surface area contributed by atoms with E-state index in [1.54, 1.807) is 6.07 Å². The van der Waals surface area contributed by atoms with Crippen LogP contribution in [0.15, 0.2) is 52.3 Å². The van der Waals surface area contributed by atoms with E-state index >= 15 is 0 Å². The minimum atomic E-state index is -3.66. The summed E-state index contributed by atoms with van der Waals surface area (Å²) in [6.07, 6.45) is 0.551. The average molecular weight is 447 g/mol. The van der Waals surface area contributed by atoms with Gasteiger partial charge in [-0.2, -0.15) is 0 Å². The van der Waals surface area contributed by atoms with E-state index in [9.17, 15) is 18.0 Å². The van der Waals surface area contributed by atoms with Gasteiger partial charge in [0.1, 0.15) is 0 Å². The second kappa shape index (κ2) is 9.22. The highest BCUT2D eigenvalue weighted by Gasteiger charge is 2.27. The van der Waals surface area contributed by atoms with Gasteiger partial charge in [-0.25, -0.2) is 8.42 Å². The number of carbonyl (C=O) groups excluding carboxylic acids is 2. The van der Waals surface area contributed by atoms with Crippen LogP contribution in [0.3, 0.4) is 0 Å². The Morgan fingerprint density at radius 1 is 1.17 bits per heavy atom. The van der Waals surface area contributed by atoms with Crippen LogP contribution in [0.5, 0.6) is 0 Å². The molecule has 30 heavy (non-hydrogen) atoms. The SMILES string of the molecule is CC[C@H]1Sc2ccc(S(=O)(=O)CCC(=O)Nc3ccc(C(C)C)cc3)cc2NC1=O. The Labute approximate surface area is 181 Å². The van der Waals surface area contributed by atoms with Crippen LogP contribution in [0, 0.1) is 0 Å². The average Bonchev–Trinajstić information content (AvgIpc) is 2.71. The lowest BCUT2D eigenvalue weighted by molar-refractivity contribution is -0.116. The number of benzene rings is 2. The van der Waals surface area contributed by atoms with Crippen molar-refractivity contribution in [2.75, 3.05) is 16.4 Å². The molecule has 2 amide bonds. The number of amides is 2. The van der Waals surface area contributed by atoms with Crippen LogP contribution in [0.2, 0.25) is 0 Å². The predicted octanol–water partition coefficient (Wildman–Crippen LogP) is 4.44. The van der Waals surface area contributed by atoms with Crippen LogP contribution in [0.25, 0.3) is 0 Å². The molecule has 1 aliphatic rings. The van der Waals surface area contributed by atoms with Gasteiger partial charge in [0.15, 0.2) is 9.84 Å². The molecule has 0 radical (unpaired) electrons. The number of hydrogen-bond acceptors (Lipinski definition) is 5. The molecule has 6 nitrogen and oxygen atoms in total. The van der Waals surface area contributed by atoms with Crippen LogP contribution in [0.4, 0.5) is 11.4 Å². The lowest BCUT2D eigenvalue weighted by atomic mass is 10.0. The van der Waals surface area contributed by atoms with Gasteiger partial charge in [-0.05, 0) is 48.2 Å². The van der Waals surface area contributed by atoms with E-state index in [1.165, 1.54) is 29.5 Å². The largest absolute Gasteiger partial charge is 0.326 e. The highest BCUT2D eigenvalue weighted by Crippen LogP contribution is 2.38. The van der Waals surface area contributed by atoms with Crippen molar-refractivity contribution in [3.8, 4) is 0 Å². The lowest BCUT2D eigenvalue weighted by Crippen LogP contribution is -2.28. The molecule has 1 aliphatic heterocycles. The molecule has 0 saturated heterocycles. The maximum absolute atomic E-state index is 12.7. The lowest BCUT2D eigenvalue weighted by Gasteiger charge is -2.23. The van der Waals surface area contributed by atoms with Gasteiger partial charge in [-0.15, -0.1) is 11.8 Å². The number of sulfone groups is 1. The van der Waals surface area contributed by atoms with Crippen molar-refractivity contribution in [2.45, 2.75) is 54.6 Å². The minimum Gasteiger partial charge on any atom is -0.326 e. The van der Waals surface area contributed by atoms with Crippen LogP contribution in [0.1, 0.15) is 45.1 Å². The topological polar surface area (TPSA) is 92.3 Å². The maximum atomic E-state index is 12.7. The van der Waals surface area contributed by atoms with E-state index in [0.29, 0.717) is 23.7 Å². The molecule has 160 valence electrons. The number of fused-ring (bicyclic) bond motifs is 1. The first-order valence-electron chi connectivity index (χ1n) is 9.93. The highest BCUT2D eigenvalue weighted by molar-refractivity contribution is 8.01. The summed E-state index contributed by atoms with van der Waals surface area (Å²) in [5, 5.41) is 5.35. The van der Waals surface area contributed by atoms with Crippen molar-refractivity contribution in [3.63, 3.8) is 0 Å². The van der Waals surface area contributed by atoms with Crippen LogP contribution in [-0.2, 0) is 19.4 Å². The fourth-order valence-electron chi connectivity index (χ4n) is 3.11. The number of hydrogen-bond donors (Lipinski definition) is 2. The summed E-state index contributed by atoms with van der Waals surface area (Å²) in [7, 11) is -3.66. The Balaban J connectivity index is 1.63. The number of rotatable bonds is 7. The molecule has 2 aromatic rings. The van der Waals surface area contributed by atoms with E-state index in [0.717, 1.165) is 4.90 Å². The number of carbonyl (C=O) groups is 2. The zero-order valence-corrected chi connectivity index (χ0v) is 18.9. The summed E-state index contributed by atoms with van der Waals surface area (Å²) in [4.78, 5) is 25.2. The second-order valence-electron chi connectivity index (χ2n) is 7.56. The predicted molar refractivity (Wildman–Crippen MR) is 121 cm³/mol. The first kappa shape index (κ1) is 22.4. The Bertz CT molecular complexity index is 1050. The normalized spacial score (nSPS) is 16.1. The van der Waals surface area contributed by atoms with Gasteiger partial charge >= 0.3 is 0 Å². The van der Waals surface area contributed by atoms with Gasteiger partial charge in [0.25, 0.3) is 0 Å². The molecule has 0 fully saturated rings. The molecule has 0 aromatic heterocycles. The molecular weight excluding hydrogens is 420 g/mol. The summed E-state index contributed by atoms with van der Waals surface area (Å²) < 4.78 is 25.4. The molecule has 1 heterocycles. The van der Waals surface area contributed by atoms with E-state index in [2.05, 4.69) is 24.5 Å². The molecule has 0 spiro atoms. The molecule has 0 saturated carbocycles. The van der Waals surface area contributed by atoms with Gasteiger partial charge in [0.05, 0.1) is 21.6 Å². The first-order valence-corrected chi connectivity index (χ1v) is 12.5. The monoisotopic (exact) mass is 446 g/mol. The quantitative estimate of drug-likeness (QED) is 0.656. The van der Waals surface area contributed by atoms with E-state index in [1.807, 2.05) is 31.2 Å². The fourth-order valence-corrected chi connectivity index (χ4v) is 5.40. The molecule has 0 bridgehead atoms. The zero-order valence-electron chi connectivity index (χ0n) is 17.3. The van der Waals surface area contributed by atoms with Gasteiger partial charge in [-0.3, -0.25) is 9.59 Å². The standard InChI is InChI=1S/C22H26N2O4S2/c1-4-19-22(26)24-18-13-17(9-10-20(18)29-19)30(27,28)12-11-21(25)23-16-7-5-15(6-8-16)14(2)3/h5-10,13-14,19H,4,11-12H2,1-3H3,(H,23,25)(H,24,26)/t19-/m1/s1. The first-order chi connectivity index (χ1) is 14.2. The van der Waals surface area contributed by atoms with Crippen molar-refractivity contribution in [1.82, 2.24) is 0 Å². The van der Waals surface area contributed by atoms with Gasteiger partial charge in [0, 0.05) is 17.0 Å². The number of anilines is 2. The molecular formula is C22H26N2O4S2. The Hall–Kier alpha value is -2.32. The Morgan fingerprint density at radius 2 is 1.87 bits per heavy atom. The summed E-state index contributed by atoms with van der Waals surface area (Å²) in [6.45, 7) is 6.11. The molecule has 2 N–H and O–H groups in total. The second-order valence-corrected chi connectivity index (χ2v) is 10.9. The van der Waals surface area contributed by atoms with E-state index in [-0.39, 0.29) is 34.1 Å². The third-order valence-electron chi connectivity index (χ3n) is 4.96. The van der Waals surface area contributed by atoms with Gasteiger partial charge in [0.2, 0.25) is 11.8 Å². The smallest absolute Gasteiger partial charge is 0.237 e. The van der Waals surface area contributed by atoms with E-state index in [4.69, 9.17) is 0 Å². The molecule has 2 aromatic carbocycles. The zero-order chi connectivity index (χ0) is 21.9. The van der Waals surface area contributed by atoms with Crippen LogP contribution in [-0.4, -0.2) is 31.2 Å². The van der Waals surface area contributed by atoms with Gasteiger partial charge in [-0.1, -0.05) is 32.9 Å². The van der Waals surface area contributed by atoms with Gasteiger partial charge < -0.3 is 10.6 Å². The molecule has 8 heteroatoms. The molecule has 0 unspecified atom stereocenters. The maximum Gasteiger partial charge on any atom is 0.237 e. The van der Waals surface area contributed by atoms with Crippen molar-refractivity contribution in [2.24, 2.45) is 0 Å². The Morgan fingerprint density at radius 3 is 2.50 bits per heavy atom. The van der Waals surface area contributed by atoms with Crippen LogP contribution < -0.4 is 10.6 Å². The fraction of sp³-hybridized carbons (Fsp3) is 0.364.